The number of aliphatic carboxylic acids is 1. The first-order valence-electron chi connectivity index (χ1n) is 6.89. The summed E-state index contributed by atoms with van der Waals surface area (Å²) in [6.07, 6.45) is 0.108. The minimum Gasteiger partial charge on any atom is -0.480 e. The van der Waals surface area contributed by atoms with E-state index in [4.69, 9.17) is 5.11 Å². The first-order chi connectivity index (χ1) is 11.0. The van der Waals surface area contributed by atoms with Gasteiger partial charge in [0.15, 0.2) is 0 Å². The lowest BCUT2D eigenvalue weighted by Crippen LogP contribution is -2.42. The summed E-state index contributed by atoms with van der Waals surface area (Å²) in [5.41, 5.74) is 0.514. The maximum absolute atomic E-state index is 12.2. The highest BCUT2D eigenvalue weighted by atomic mass is 16.4. The molecule has 6 nitrogen and oxygen atoms in total. The summed E-state index contributed by atoms with van der Waals surface area (Å²) in [5.74, 6) is -3.16. The van der Waals surface area contributed by atoms with Gasteiger partial charge in [0.1, 0.15) is 6.04 Å². The number of rotatable bonds is 6. The normalized spacial score (nSPS) is 11.5. The fraction of sp³-hybridized carbons (Fsp3) is 0.118. The van der Waals surface area contributed by atoms with E-state index >= 15 is 0 Å². The summed E-state index contributed by atoms with van der Waals surface area (Å²) in [6, 6.07) is 13.4. The van der Waals surface area contributed by atoms with Crippen molar-refractivity contribution in [3.05, 3.63) is 71.3 Å². The molecule has 0 spiro atoms. The summed E-state index contributed by atoms with van der Waals surface area (Å²) in [7, 11) is 0. The number of carboxylic acids is 2. The van der Waals surface area contributed by atoms with Crippen LogP contribution in [0.2, 0.25) is 0 Å². The van der Waals surface area contributed by atoms with Crippen molar-refractivity contribution in [1.82, 2.24) is 5.32 Å². The van der Waals surface area contributed by atoms with Crippen molar-refractivity contribution in [2.45, 2.75) is 12.5 Å². The number of amides is 1. The van der Waals surface area contributed by atoms with E-state index in [-0.39, 0.29) is 17.5 Å². The van der Waals surface area contributed by atoms with Crippen LogP contribution in [0.3, 0.4) is 0 Å². The Morgan fingerprint density at radius 3 is 2.00 bits per heavy atom. The lowest BCUT2D eigenvalue weighted by atomic mass is 10.0. The number of carbonyl (C=O) groups is 3. The Morgan fingerprint density at radius 1 is 0.870 bits per heavy atom. The molecule has 0 fully saturated rings. The standard InChI is InChI=1S/C17H15NO5/c19-15(12-8-4-5-9-13(12)16(20)21)18-14(17(22)23)10-11-6-2-1-3-7-11/h1-9,14H,10H2,(H,18,19)(H,20,21)(H,22,23)/t14-/m1/s1. The van der Waals surface area contributed by atoms with Crippen LogP contribution < -0.4 is 5.32 Å². The maximum atomic E-state index is 12.2. The molecule has 23 heavy (non-hydrogen) atoms. The number of hydrogen-bond donors (Lipinski definition) is 3. The highest BCUT2D eigenvalue weighted by molar-refractivity contribution is 6.05. The van der Waals surface area contributed by atoms with E-state index < -0.39 is 23.9 Å². The van der Waals surface area contributed by atoms with E-state index in [0.29, 0.717) is 0 Å². The number of benzene rings is 2. The number of carbonyl (C=O) groups excluding carboxylic acids is 1. The molecule has 2 aromatic carbocycles. The first kappa shape index (κ1) is 16.2. The molecule has 0 aliphatic rings. The molecule has 2 aromatic rings. The molecule has 0 bridgehead atoms. The zero-order valence-corrected chi connectivity index (χ0v) is 12.1. The van der Waals surface area contributed by atoms with Crippen LogP contribution in [0.25, 0.3) is 0 Å². The van der Waals surface area contributed by atoms with Gasteiger partial charge in [0.25, 0.3) is 5.91 Å². The van der Waals surface area contributed by atoms with Crippen LogP contribution in [0.4, 0.5) is 0 Å². The van der Waals surface area contributed by atoms with Gasteiger partial charge in [-0.3, -0.25) is 4.79 Å². The molecule has 2 rings (SSSR count). The third kappa shape index (κ3) is 4.16. The molecular formula is C17H15NO5. The SMILES string of the molecule is O=C(O)c1ccccc1C(=O)N[C@H](Cc1ccccc1)C(=O)O. The van der Waals surface area contributed by atoms with E-state index in [0.717, 1.165) is 5.56 Å². The van der Waals surface area contributed by atoms with Crippen LogP contribution in [-0.4, -0.2) is 34.1 Å². The molecule has 118 valence electrons. The van der Waals surface area contributed by atoms with E-state index in [1.807, 2.05) is 0 Å². The molecule has 0 unspecified atom stereocenters. The second-order valence-corrected chi connectivity index (χ2v) is 4.90. The van der Waals surface area contributed by atoms with Crippen LogP contribution in [0.1, 0.15) is 26.3 Å². The average Bonchev–Trinajstić information content (AvgIpc) is 2.55. The summed E-state index contributed by atoms with van der Waals surface area (Å²) in [4.78, 5) is 34.7. The third-order valence-corrected chi connectivity index (χ3v) is 3.29. The van der Waals surface area contributed by atoms with Gasteiger partial charge in [0.2, 0.25) is 0 Å². The zero-order valence-electron chi connectivity index (χ0n) is 12.1. The molecule has 0 aliphatic carbocycles. The fourth-order valence-corrected chi connectivity index (χ4v) is 2.15. The van der Waals surface area contributed by atoms with E-state index in [1.54, 1.807) is 30.3 Å². The van der Waals surface area contributed by atoms with Crippen LogP contribution in [0, 0.1) is 0 Å². The Labute approximate surface area is 132 Å². The van der Waals surface area contributed by atoms with Gasteiger partial charge >= 0.3 is 11.9 Å². The lowest BCUT2D eigenvalue weighted by Gasteiger charge is -2.15. The summed E-state index contributed by atoms with van der Waals surface area (Å²) in [5, 5.41) is 20.7. The van der Waals surface area contributed by atoms with Crippen molar-refractivity contribution < 1.29 is 24.6 Å². The van der Waals surface area contributed by atoms with Crippen LogP contribution in [-0.2, 0) is 11.2 Å². The monoisotopic (exact) mass is 313 g/mol. The Kier molecular flexibility index (Phi) is 5.09. The second kappa shape index (κ2) is 7.22. The van der Waals surface area contributed by atoms with Gasteiger partial charge in [-0.25, -0.2) is 9.59 Å². The Bertz CT molecular complexity index is 727. The first-order valence-corrected chi connectivity index (χ1v) is 6.89. The Hall–Kier alpha value is -3.15. The number of aromatic carboxylic acids is 1. The van der Waals surface area contributed by atoms with Gasteiger partial charge in [0.05, 0.1) is 11.1 Å². The molecule has 0 aromatic heterocycles. The topological polar surface area (TPSA) is 104 Å². The molecule has 3 N–H and O–H groups in total. The lowest BCUT2D eigenvalue weighted by molar-refractivity contribution is -0.139. The van der Waals surface area contributed by atoms with E-state index in [9.17, 15) is 19.5 Å². The number of nitrogens with one attached hydrogen (secondary N) is 1. The summed E-state index contributed by atoms with van der Waals surface area (Å²) < 4.78 is 0. The van der Waals surface area contributed by atoms with Gasteiger partial charge in [-0.15, -0.1) is 0 Å². The average molecular weight is 313 g/mol. The molecule has 1 amide bonds. The van der Waals surface area contributed by atoms with Crippen molar-refractivity contribution in [3.8, 4) is 0 Å². The van der Waals surface area contributed by atoms with Crippen molar-refractivity contribution in [3.63, 3.8) is 0 Å². The molecular weight excluding hydrogens is 298 g/mol. The summed E-state index contributed by atoms with van der Waals surface area (Å²) >= 11 is 0. The minimum atomic E-state index is -1.24. The molecule has 0 saturated carbocycles. The Morgan fingerprint density at radius 2 is 1.43 bits per heavy atom. The second-order valence-electron chi connectivity index (χ2n) is 4.90. The zero-order chi connectivity index (χ0) is 16.8. The highest BCUT2D eigenvalue weighted by Gasteiger charge is 2.23. The minimum absolute atomic E-state index is 0.0701. The van der Waals surface area contributed by atoms with Gasteiger partial charge in [-0.2, -0.15) is 0 Å². The number of hydrogen-bond acceptors (Lipinski definition) is 3. The summed E-state index contributed by atoms with van der Waals surface area (Å²) in [6.45, 7) is 0. The third-order valence-electron chi connectivity index (χ3n) is 3.29. The molecule has 1 atom stereocenters. The van der Waals surface area contributed by atoms with Crippen LogP contribution in [0.15, 0.2) is 54.6 Å². The van der Waals surface area contributed by atoms with E-state index in [2.05, 4.69) is 5.32 Å². The highest BCUT2D eigenvalue weighted by Crippen LogP contribution is 2.10. The quantitative estimate of drug-likeness (QED) is 0.754. The fourth-order valence-electron chi connectivity index (χ4n) is 2.15. The van der Waals surface area contributed by atoms with Gasteiger partial charge in [0, 0.05) is 6.42 Å². The van der Waals surface area contributed by atoms with Crippen molar-refractivity contribution in [2.75, 3.05) is 0 Å². The molecule has 6 heteroatoms. The largest absolute Gasteiger partial charge is 0.480 e. The van der Waals surface area contributed by atoms with Crippen LogP contribution >= 0.6 is 0 Å². The number of carboxylic acid groups (broad SMARTS) is 2. The van der Waals surface area contributed by atoms with Gasteiger partial charge < -0.3 is 15.5 Å². The van der Waals surface area contributed by atoms with Crippen molar-refractivity contribution in [1.29, 1.82) is 0 Å². The molecule has 0 aliphatic heterocycles. The predicted molar refractivity (Wildman–Crippen MR) is 82.4 cm³/mol. The molecule has 0 heterocycles. The van der Waals surface area contributed by atoms with Crippen molar-refractivity contribution in [2.24, 2.45) is 0 Å². The Balaban J connectivity index is 2.19. The van der Waals surface area contributed by atoms with E-state index in [1.165, 1.54) is 24.3 Å². The van der Waals surface area contributed by atoms with Gasteiger partial charge in [-0.1, -0.05) is 42.5 Å². The van der Waals surface area contributed by atoms with Gasteiger partial charge in [-0.05, 0) is 17.7 Å². The molecule has 0 radical (unpaired) electrons. The van der Waals surface area contributed by atoms with Crippen LogP contribution in [0.5, 0.6) is 0 Å². The predicted octanol–water partition coefficient (Wildman–Crippen LogP) is 1.81. The smallest absolute Gasteiger partial charge is 0.336 e. The van der Waals surface area contributed by atoms with Crippen molar-refractivity contribution >= 4 is 17.8 Å². The molecule has 0 saturated heterocycles. The maximum Gasteiger partial charge on any atom is 0.336 e.